The highest BCUT2D eigenvalue weighted by atomic mass is 79.9. The number of halogens is 1. The van der Waals surface area contributed by atoms with Gasteiger partial charge in [0, 0.05) is 0 Å². The van der Waals surface area contributed by atoms with Gasteiger partial charge in [-0.2, -0.15) is 5.10 Å². The molecule has 0 unspecified atom stereocenters. The van der Waals surface area contributed by atoms with Crippen molar-refractivity contribution in [2.75, 3.05) is 0 Å². The molecule has 4 heteroatoms. The normalized spacial score (nSPS) is 10.4. The van der Waals surface area contributed by atoms with E-state index in [0.29, 0.717) is 0 Å². The first kappa shape index (κ1) is 7.49. The molecule has 0 aliphatic rings. The summed E-state index contributed by atoms with van der Waals surface area (Å²) in [5.74, 6) is 0. The van der Waals surface area contributed by atoms with Gasteiger partial charge in [-0.05, 0) is 34.1 Å². The second kappa shape index (κ2) is 2.71. The van der Waals surface area contributed by atoms with Gasteiger partial charge in [0.2, 0.25) is 0 Å². The first-order chi connectivity index (χ1) is 5.81. The highest BCUT2D eigenvalue weighted by Crippen LogP contribution is 2.10. The Morgan fingerprint density at radius 2 is 2.33 bits per heavy atom. The van der Waals surface area contributed by atoms with E-state index in [1.807, 2.05) is 12.1 Å². The minimum Gasteiger partial charge on any atom is -0.235 e. The zero-order valence-electron chi connectivity index (χ0n) is 6.24. The number of fused-ring (bicyclic) bond motifs is 1. The number of hydrogen-bond acceptors (Lipinski definition) is 2. The maximum atomic E-state index is 4.21. The van der Waals surface area contributed by atoms with E-state index < -0.39 is 0 Å². The maximum Gasteiger partial charge on any atom is 0.154 e. The molecule has 0 N–H and O–H groups in total. The standard InChI is InChI=1S/C8H6BrN3/c1-2-6-5-10-8-4-3-7(9)11-12(6)8/h2-5H,1H2. The molecule has 60 valence electrons. The van der Waals surface area contributed by atoms with Gasteiger partial charge >= 0.3 is 0 Å². The summed E-state index contributed by atoms with van der Waals surface area (Å²) < 4.78 is 2.52. The highest BCUT2D eigenvalue weighted by molar-refractivity contribution is 9.10. The van der Waals surface area contributed by atoms with E-state index in [1.165, 1.54) is 0 Å². The monoisotopic (exact) mass is 223 g/mol. The Labute approximate surface area is 77.9 Å². The summed E-state index contributed by atoms with van der Waals surface area (Å²) in [5, 5.41) is 4.21. The third kappa shape index (κ3) is 1.04. The summed E-state index contributed by atoms with van der Waals surface area (Å²) in [5.41, 5.74) is 1.72. The van der Waals surface area contributed by atoms with E-state index in [1.54, 1.807) is 16.8 Å². The minimum absolute atomic E-state index is 0.788. The van der Waals surface area contributed by atoms with Gasteiger partial charge in [-0.1, -0.05) is 6.58 Å². The highest BCUT2D eigenvalue weighted by Gasteiger charge is 2.00. The molecule has 0 saturated heterocycles. The van der Waals surface area contributed by atoms with Crippen molar-refractivity contribution in [1.82, 2.24) is 14.6 Å². The van der Waals surface area contributed by atoms with Gasteiger partial charge in [0.25, 0.3) is 0 Å². The van der Waals surface area contributed by atoms with Gasteiger partial charge in [0.15, 0.2) is 5.65 Å². The predicted octanol–water partition coefficient (Wildman–Crippen LogP) is 2.13. The Bertz CT molecular complexity index is 433. The zero-order chi connectivity index (χ0) is 8.55. The van der Waals surface area contributed by atoms with Crippen molar-refractivity contribution in [3.63, 3.8) is 0 Å². The van der Waals surface area contributed by atoms with E-state index >= 15 is 0 Å². The Morgan fingerprint density at radius 1 is 1.50 bits per heavy atom. The lowest BCUT2D eigenvalue weighted by molar-refractivity contribution is 0.907. The van der Waals surface area contributed by atoms with Crippen molar-refractivity contribution in [2.45, 2.75) is 0 Å². The molecule has 0 aliphatic heterocycles. The van der Waals surface area contributed by atoms with Crippen LogP contribution in [0.15, 0.2) is 29.5 Å². The lowest BCUT2D eigenvalue weighted by Crippen LogP contribution is -1.92. The van der Waals surface area contributed by atoms with Crippen LogP contribution in [0.4, 0.5) is 0 Å². The topological polar surface area (TPSA) is 30.2 Å². The van der Waals surface area contributed by atoms with Crippen molar-refractivity contribution >= 4 is 27.7 Å². The van der Waals surface area contributed by atoms with Crippen molar-refractivity contribution in [1.29, 1.82) is 0 Å². The van der Waals surface area contributed by atoms with Crippen molar-refractivity contribution in [3.05, 3.63) is 35.2 Å². The Kier molecular flexibility index (Phi) is 1.69. The van der Waals surface area contributed by atoms with E-state index in [2.05, 4.69) is 32.6 Å². The Hall–Kier alpha value is -1.16. The van der Waals surface area contributed by atoms with Crippen LogP contribution in [-0.2, 0) is 0 Å². The fourth-order valence-electron chi connectivity index (χ4n) is 1.01. The smallest absolute Gasteiger partial charge is 0.154 e. The van der Waals surface area contributed by atoms with Crippen LogP contribution in [0.25, 0.3) is 11.7 Å². The molecule has 0 amide bonds. The molecular formula is C8H6BrN3. The van der Waals surface area contributed by atoms with Gasteiger partial charge in [-0.15, -0.1) is 0 Å². The van der Waals surface area contributed by atoms with Crippen LogP contribution in [0.5, 0.6) is 0 Å². The molecule has 2 aromatic rings. The third-order valence-corrected chi connectivity index (χ3v) is 1.99. The predicted molar refractivity (Wildman–Crippen MR) is 50.8 cm³/mol. The first-order valence-corrected chi connectivity index (χ1v) is 4.23. The average molecular weight is 224 g/mol. The largest absolute Gasteiger partial charge is 0.235 e. The molecule has 12 heavy (non-hydrogen) atoms. The van der Waals surface area contributed by atoms with Crippen LogP contribution in [0.2, 0.25) is 0 Å². The van der Waals surface area contributed by atoms with Crippen LogP contribution >= 0.6 is 15.9 Å². The zero-order valence-corrected chi connectivity index (χ0v) is 7.82. The molecule has 0 radical (unpaired) electrons. The molecule has 0 aromatic carbocycles. The number of aromatic nitrogens is 3. The van der Waals surface area contributed by atoms with E-state index in [4.69, 9.17) is 0 Å². The van der Waals surface area contributed by atoms with Crippen molar-refractivity contribution in [2.24, 2.45) is 0 Å². The molecule has 3 nitrogen and oxygen atoms in total. The molecule has 2 aromatic heterocycles. The SMILES string of the molecule is C=Cc1cnc2ccc(Br)nn12. The number of rotatable bonds is 1. The lowest BCUT2D eigenvalue weighted by atomic mass is 10.5. The molecule has 0 atom stereocenters. The summed E-state index contributed by atoms with van der Waals surface area (Å²) in [4.78, 5) is 4.14. The molecule has 0 aliphatic carbocycles. The lowest BCUT2D eigenvalue weighted by Gasteiger charge is -1.94. The molecule has 0 fully saturated rings. The first-order valence-electron chi connectivity index (χ1n) is 3.44. The van der Waals surface area contributed by atoms with Crippen LogP contribution in [0.1, 0.15) is 5.69 Å². The summed E-state index contributed by atoms with van der Waals surface area (Å²) >= 11 is 3.29. The summed E-state index contributed by atoms with van der Waals surface area (Å²) in [6, 6.07) is 3.75. The second-order valence-electron chi connectivity index (χ2n) is 2.31. The van der Waals surface area contributed by atoms with Gasteiger partial charge < -0.3 is 0 Å². The average Bonchev–Trinajstić information content (AvgIpc) is 2.46. The number of imidazole rings is 1. The van der Waals surface area contributed by atoms with Crippen LogP contribution < -0.4 is 0 Å². The van der Waals surface area contributed by atoms with E-state index in [-0.39, 0.29) is 0 Å². The molecule has 2 rings (SSSR count). The summed E-state index contributed by atoms with van der Waals surface area (Å²) in [6.45, 7) is 3.67. The van der Waals surface area contributed by atoms with Gasteiger partial charge in [-0.25, -0.2) is 9.50 Å². The van der Waals surface area contributed by atoms with Crippen molar-refractivity contribution in [3.8, 4) is 0 Å². The Balaban J connectivity index is 2.83. The fraction of sp³-hybridized carbons (Fsp3) is 0. The minimum atomic E-state index is 0.788. The third-order valence-electron chi connectivity index (χ3n) is 1.57. The maximum absolute atomic E-state index is 4.21. The molecule has 2 heterocycles. The van der Waals surface area contributed by atoms with Crippen LogP contribution in [-0.4, -0.2) is 14.6 Å². The summed E-state index contributed by atoms with van der Waals surface area (Å²) in [7, 11) is 0. The fourth-order valence-corrected chi connectivity index (χ4v) is 1.30. The Morgan fingerprint density at radius 3 is 3.08 bits per heavy atom. The van der Waals surface area contributed by atoms with Gasteiger partial charge in [-0.3, -0.25) is 0 Å². The molecular weight excluding hydrogens is 218 g/mol. The summed E-state index contributed by atoms with van der Waals surface area (Å²) in [6.07, 6.45) is 3.46. The van der Waals surface area contributed by atoms with Crippen LogP contribution in [0, 0.1) is 0 Å². The molecule has 0 saturated carbocycles. The van der Waals surface area contributed by atoms with Crippen molar-refractivity contribution < 1.29 is 0 Å². The van der Waals surface area contributed by atoms with E-state index in [0.717, 1.165) is 15.9 Å². The molecule has 0 bridgehead atoms. The van der Waals surface area contributed by atoms with E-state index in [9.17, 15) is 0 Å². The second-order valence-corrected chi connectivity index (χ2v) is 3.13. The number of nitrogens with zero attached hydrogens (tertiary/aromatic N) is 3. The number of hydrogen-bond donors (Lipinski definition) is 0. The quantitative estimate of drug-likeness (QED) is 0.742. The van der Waals surface area contributed by atoms with Gasteiger partial charge in [0.1, 0.15) is 4.60 Å². The molecule has 0 spiro atoms. The van der Waals surface area contributed by atoms with Crippen LogP contribution in [0.3, 0.4) is 0 Å². The van der Waals surface area contributed by atoms with Gasteiger partial charge in [0.05, 0.1) is 11.9 Å².